The fourth-order valence-corrected chi connectivity index (χ4v) is 3.42. The molecule has 0 bridgehead atoms. The Hall–Kier alpha value is -3.16. The van der Waals surface area contributed by atoms with Crippen molar-refractivity contribution in [2.45, 2.75) is 26.3 Å². The molecule has 2 heterocycles. The van der Waals surface area contributed by atoms with Gasteiger partial charge >= 0.3 is 5.69 Å². The summed E-state index contributed by atoms with van der Waals surface area (Å²) in [6.07, 6.45) is 2.87. The quantitative estimate of drug-likeness (QED) is 0.607. The molecule has 148 valence electrons. The van der Waals surface area contributed by atoms with Crippen molar-refractivity contribution in [1.29, 1.82) is 0 Å². The molecule has 1 N–H and O–H groups in total. The van der Waals surface area contributed by atoms with Crippen LogP contribution in [-0.2, 0) is 11.3 Å². The van der Waals surface area contributed by atoms with Crippen molar-refractivity contribution in [3.05, 3.63) is 57.8 Å². The summed E-state index contributed by atoms with van der Waals surface area (Å²) in [5.41, 5.74) is 1.64. The van der Waals surface area contributed by atoms with E-state index >= 15 is 0 Å². The molecule has 0 unspecified atom stereocenters. The molecule has 1 amide bonds. The zero-order valence-electron chi connectivity index (χ0n) is 16.1. The van der Waals surface area contributed by atoms with Gasteiger partial charge in [0.05, 0.1) is 12.0 Å². The van der Waals surface area contributed by atoms with Crippen LogP contribution in [0.3, 0.4) is 0 Å². The topological polar surface area (TPSA) is 97.6 Å². The maximum Gasteiger partial charge on any atom is 0.314 e. The summed E-state index contributed by atoms with van der Waals surface area (Å²) in [5.74, 6) is 1.09. The summed E-state index contributed by atoms with van der Waals surface area (Å²) < 4.78 is 5.13. The van der Waals surface area contributed by atoms with Crippen molar-refractivity contribution in [2.75, 3.05) is 25.1 Å². The number of rotatable bonds is 6. The Labute approximate surface area is 163 Å². The van der Waals surface area contributed by atoms with Crippen LogP contribution < -0.4 is 15.0 Å². The van der Waals surface area contributed by atoms with Crippen LogP contribution in [0.4, 0.5) is 11.5 Å². The Morgan fingerprint density at radius 3 is 2.57 bits per heavy atom. The van der Waals surface area contributed by atoms with Gasteiger partial charge in [0, 0.05) is 37.3 Å². The number of pyridine rings is 1. The lowest BCUT2D eigenvalue weighted by atomic mass is 9.95. The van der Waals surface area contributed by atoms with E-state index in [1.807, 2.05) is 29.2 Å². The number of nitrogens with one attached hydrogen (secondary N) is 1. The minimum absolute atomic E-state index is 0.0159. The first-order valence-corrected chi connectivity index (χ1v) is 9.25. The summed E-state index contributed by atoms with van der Waals surface area (Å²) in [5, 5.41) is 14.4. The second-order valence-corrected chi connectivity index (χ2v) is 6.88. The van der Waals surface area contributed by atoms with Crippen molar-refractivity contribution in [3.8, 4) is 5.75 Å². The van der Waals surface area contributed by atoms with Gasteiger partial charge in [0.1, 0.15) is 5.75 Å². The number of piperidine rings is 1. The molecule has 1 aromatic heterocycles. The molecular weight excluding hydrogens is 360 g/mol. The second kappa shape index (κ2) is 8.69. The Balaban J connectivity index is 1.55. The number of amides is 1. The summed E-state index contributed by atoms with van der Waals surface area (Å²) in [6, 6.07) is 9.21. The van der Waals surface area contributed by atoms with E-state index in [2.05, 4.69) is 10.3 Å². The zero-order chi connectivity index (χ0) is 20.1. The van der Waals surface area contributed by atoms with Crippen LogP contribution in [0.15, 0.2) is 36.5 Å². The van der Waals surface area contributed by atoms with Crippen molar-refractivity contribution in [3.63, 3.8) is 0 Å². The molecule has 0 aliphatic carbocycles. The number of aromatic nitrogens is 1. The van der Waals surface area contributed by atoms with Gasteiger partial charge in [0.2, 0.25) is 11.7 Å². The van der Waals surface area contributed by atoms with Crippen LogP contribution in [0.2, 0.25) is 0 Å². The molecule has 1 saturated heterocycles. The van der Waals surface area contributed by atoms with Gasteiger partial charge in [0.25, 0.3) is 0 Å². The molecule has 1 aliphatic heterocycles. The number of benzene rings is 1. The average Bonchev–Trinajstić information content (AvgIpc) is 2.72. The monoisotopic (exact) mass is 384 g/mol. The van der Waals surface area contributed by atoms with Gasteiger partial charge in [-0.1, -0.05) is 12.1 Å². The van der Waals surface area contributed by atoms with Crippen molar-refractivity contribution in [1.82, 2.24) is 10.3 Å². The minimum atomic E-state index is -0.384. The molecular formula is C20H24N4O4. The molecule has 0 radical (unpaired) electrons. The largest absolute Gasteiger partial charge is 0.497 e. The highest BCUT2D eigenvalue weighted by molar-refractivity contribution is 5.79. The van der Waals surface area contributed by atoms with Gasteiger partial charge in [-0.2, -0.15) is 0 Å². The van der Waals surface area contributed by atoms with E-state index in [1.165, 1.54) is 0 Å². The first-order valence-electron chi connectivity index (χ1n) is 9.25. The molecule has 3 rings (SSSR count). The zero-order valence-corrected chi connectivity index (χ0v) is 16.1. The van der Waals surface area contributed by atoms with Gasteiger partial charge in [0.15, 0.2) is 0 Å². The first kappa shape index (κ1) is 19.6. The number of carbonyl (C=O) groups excluding carboxylic acids is 1. The van der Waals surface area contributed by atoms with Crippen LogP contribution in [0.5, 0.6) is 5.75 Å². The molecule has 1 aromatic carbocycles. The summed E-state index contributed by atoms with van der Waals surface area (Å²) in [7, 11) is 1.62. The molecule has 1 aliphatic rings. The third kappa shape index (κ3) is 4.39. The van der Waals surface area contributed by atoms with Gasteiger partial charge in [-0.05, 0) is 43.5 Å². The van der Waals surface area contributed by atoms with Crippen LogP contribution in [-0.4, -0.2) is 36.0 Å². The molecule has 0 spiro atoms. The minimum Gasteiger partial charge on any atom is -0.497 e. The fraction of sp³-hybridized carbons (Fsp3) is 0.400. The maximum absolute atomic E-state index is 12.5. The van der Waals surface area contributed by atoms with Gasteiger partial charge in [-0.25, -0.2) is 4.98 Å². The third-order valence-corrected chi connectivity index (χ3v) is 5.08. The highest BCUT2D eigenvalue weighted by Gasteiger charge is 2.30. The standard InChI is InChI=1S/C20H24N4O4/c1-14-7-10-21-19(18(14)24(26)27)23-11-8-16(9-12-23)20(25)22-13-15-3-5-17(28-2)6-4-15/h3-7,10,16H,8-9,11-13H2,1-2H3,(H,22,25). The van der Waals surface area contributed by atoms with E-state index < -0.39 is 0 Å². The number of hydrogen-bond donors (Lipinski definition) is 1. The highest BCUT2D eigenvalue weighted by Crippen LogP contribution is 2.31. The number of nitro groups is 1. The van der Waals surface area contributed by atoms with Crippen LogP contribution in [0.25, 0.3) is 0 Å². The number of methoxy groups -OCH3 is 1. The van der Waals surface area contributed by atoms with E-state index in [4.69, 9.17) is 4.74 Å². The van der Waals surface area contributed by atoms with E-state index in [0.717, 1.165) is 11.3 Å². The summed E-state index contributed by atoms with van der Waals surface area (Å²) in [4.78, 5) is 29.6. The number of carbonyl (C=O) groups is 1. The average molecular weight is 384 g/mol. The van der Waals surface area contributed by atoms with Gasteiger partial charge in [-0.15, -0.1) is 0 Å². The van der Waals surface area contributed by atoms with E-state index in [0.29, 0.717) is 43.9 Å². The molecule has 8 heteroatoms. The number of aryl methyl sites for hydroxylation is 1. The molecule has 8 nitrogen and oxygen atoms in total. The first-order chi connectivity index (χ1) is 13.5. The SMILES string of the molecule is COc1ccc(CNC(=O)C2CCN(c3nccc(C)c3[N+](=O)[O-])CC2)cc1. The Morgan fingerprint density at radius 1 is 1.29 bits per heavy atom. The Morgan fingerprint density at radius 2 is 1.96 bits per heavy atom. The van der Waals surface area contributed by atoms with Crippen LogP contribution in [0, 0.1) is 23.0 Å². The Kier molecular flexibility index (Phi) is 6.08. The fourth-order valence-electron chi connectivity index (χ4n) is 3.42. The highest BCUT2D eigenvalue weighted by atomic mass is 16.6. The number of hydrogen-bond acceptors (Lipinski definition) is 6. The smallest absolute Gasteiger partial charge is 0.314 e. The number of nitrogens with zero attached hydrogens (tertiary/aromatic N) is 3. The van der Waals surface area contributed by atoms with Crippen molar-refractivity contribution >= 4 is 17.4 Å². The second-order valence-electron chi connectivity index (χ2n) is 6.88. The van der Waals surface area contributed by atoms with Crippen LogP contribution in [0.1, 0.15) is 24.0 Å². The lowest BCUT2D eigenvalue weighted by Crippen LogP contribution is -2.41. The summed E-state index contributed by atoms with van der Waals surface area (Å²) >= 11 is 0. The lowest BCUT2D eigenvalue weighted by molar-refractivity contribution is -0.384. The van der Waals surface area contributed by atoms with Gasteiger partial charge < -0.3 is 15.0 Å². The predicted octanol–water partition coefficient (Wildman–Crippen LogP) is 2.84. The van der Waals surface area contributed by atoms with Gasteiger partial charge in [-0.3, -0.25) is 14.9 Å². The summed E-state index contributed by atoms with van der Waals surface area (Å²) in [6.45, 7) is 3.31. The van der Waals surface area contributed by atoms with Crippen molar-refractivity contribution < 1.29 is 14.5 Å². The van der Waals surface area contributed by atoms with E-state index in [1.54, 1.807) is 26.3 Å². The molecule has 0 atom stereocenters. The predicted molar refractivity (Wildman–Crippen MR) is 105 cm³/mol. The normalized spacial score (nSPS) is 14.6. The maximum atomic E-state index is 12.5. The Bertz CT molecular complexity index is 846. The van der Waals surface area contributed by atoms with Crippen molar-refractivity contribution in [2.24, 2.45) is 5.92 Å². The van der Waals surface area contributed by atoms with Crippen LogP contribution >= 0.6 is 0 Å². The number of anilines is 1. The molecule has 2 aromatic rings. The lowest BCUT2D eigenvalue weighted by Gasteiger charge is -2.32. The third-order valence-electron chi connectivity index (χ3n) is 5.08. The van der Waals surface area contributed by atoms with E-state index in [9.17, 15) is 14.9 Å². The molecule has 28 heavy (non-hydrogen) atoms. The molecule has 1 fully saturated rings. The number of ether oxygens (including phenoxy) is 1. The van der Waals surface area contributed by atoms with E-state index in [-0.39, 0.29) is 22.4 Å². The molecule has 0 saturated carbocycles.